The zero-order valence-corrected chi connectivity index (χ0v) is 9.29. The minimum Gasteiger partial charge on any atom is -0.394 e. The summed E-state index contributed by atoms with van der Waals surface area (Å²) in [7, 11) is 0. The molecule has 17 heavy (non-hydrogen) atoms. The third-order valence-corrected chi connectivity index (χ3v) is 3.09. The van der Waals surface area contributed by atoms with E-state index in [9.17, 15) is 18.9 Å². The Bertz CT molecular complexity index is 430. The van der Waals surface area contributed by atoms with Crippen LogP contribution in [0.1, 0.15) is 0 Å². The number of nitro groups is 1. The van der Waals surface area contributed by atoms with Crippen molar-refractivity contribution in [3.63, 3.8) is 0 Å². The van der Waals surface area contributed by atoms with Crippen LogP contribution in [0.5, 0.6) is 0 Å². The Balaban J connectivity index is 3.02. The maximum atomic E-state index is 13.3. The molecule has 0 amide bonds. The predicted octanol–water partition coefficient (Wildman–Crippen LogP) is 1.32. The van der Waals surface area contributed by atoms with Crippen molar-refractivity contribution < 1.29 is 23.9 Å². The van der Waals surface area contributed by atoms with Crippen LogP contribution in [-0.2, 0) is 0 Å². The highest BCUT2D eigenvalue weighted by atomic mass is 32.2. The number of thioether (sulfide) groups is 1. The first-order chi connectivity index (χ1) is 7.97. The molecular formula is C9H9F2NO4S. The van der Waals surface area contributed by atoms with Gasteiger partial charge in [-0.25, -0.2) is 8.78 Å². The second-order valence-corrected chi connectivity index (χ2v) is 4.14. The molecule has 0 aliphatic carbocycles. The highest BCUT2D eigenvalue weighted by Crippen LogP contribution is 2.33. The van der Waals surface area contributed by atoms with Crippen LogP contribution in [-0.4, -0.2) is 33.6 Å². The van der Waals surface area contributed by atoms with Gasteiger partial charge in [0.2, 0.25) is 0 Å². The molecule has 0 bridgehead atoms. The van der Waals surface area contributed by atoms with Crippen molar-refractivity contribution in [1.82, 2.24) is 0 Å². The normalized spacial score (nSPS) is 12.5. The number of hydrogen-bond acceptors (Lipinski definition) is 5. The van der Waals surface area contributed by atoms with E-state index < -0.39 is 39.9 Å². The fourth-order valence-electron chi connectivity index (χ4n) is 1.04. The van der Waals surface area contributed by atoms with Gasteiger partial charge in [0, 0.05) is 11.8 Å². The minimum absolute atomic E-state index is 0.169. The van der Waals surface area contributed by atoms with Crippen molar-refractivity contribution in [3.05, 3.63) is 33.9 Å². The molecule has 94 valence electrons. The highest BCUT2D eigenvalue weighted by molar-refractivity contribution is 7.99. The number of aliphatic hydroxyl groups excluding tert-OH is 2. The summed E-state index contributed by atoms with van der Waals surface area (Å²) in [5.74, 6) is -2.69. The zero-order chi connectivity index (χ0) is 13.0. The Morgan fingerprint density at radius 3 is 2.65 bits per heavy atom. The molecule has 0 heterocycles. The van der Waals surface area contributed by atoms with Crippen LogP contribution in [0.4, 0.5) is 14.5 Å². The van der Waals surface area contributed by atoms with Gasteiger partial charge >= 0.3 is 0 Å². The van der Waals surface area contributed by atoms with Gasteiger partial charge in [0.15, 0.2) is 11.6 Å². The van der Waals surface area contributed by atoms with Crippen LogP contribution < -0.4 is 0 Å². The Kier molecular flexibility index (Phi) is 4.79. The molecule has 0 aliphatic heterocycles. The summed E-state index contributed by atoms with van der Waals surface area (Å²) in [4.78, 5) is 9.27. The topological polar surface area (TPSA) is 83.6 Å². The average Bonchev–Trinajstić information content (AvgIpc) is 2.30. The Labute approximate surface area is 99.2 Å². The number of nitro benzene ring substituents is 1. The largest absolute Gasteiger partial charge is 0.394 e. The Hall–Kier alpha value is -1.25. The van der Waals surface area contributed by atoms with Crippen LogP contribution in [0.25, 0.3) is 0 Å². The maximum absolute atomic E-state index is 13.3. The summed E-state index contributed by atoms with van der Waals surface area (Å²) in [6.45, 7) is -0.558. The number of halogens is 2. The SMILES string of the molecule is O=[N+]([O-])c1ccc(F)c(F)c1SCC(O)CO. The molecule has 0 radical (unpaired) electrons. The van der Waals surface area contributed by atoms with Crippen molar-refractivity contribution >= 4 is 17.4 Å². The standard InChI is InChI=1S/C9H9F2NO4S/c10-6-1-2-7(12(15)16)9(8(6)11)17-4-5(14)3-13/h1-2,5,13-14H,3-4H2. The summed E-state index contributed by atoms with van der Waals surface area (Å²) in [5, 5.41) is 28.2. The molecule has 5 nitrogen and oxygen atoms in total. The molecule has 0 saturated carbocycles. The van der Waals surface area contributed by atoms with Gasteiger partial charge in [-0.2, -0.15) is 0 Å². The fourth-order valence-corrected chi connectivity index (χ4v) is 2.01. The molecular weight excluding hydrogens is 256 g/mol. The molecule has 1 rings (SSSR count). The molecule has 2 N–H and O–H groups in total. The van der Waals surface area contributed by atoms with E-state index >= 15 is 0 Å². The van der Waals surface area contributed by atoms with Crippen molar-refractivity contribution in [2.45, 2.75) is 11.0 Å². The first kappa shape index (κ1) is 13.8. The van der Waals surface area contributed by atoms with Crippen molar-refractivity contribution in [3.8, 4) is 0 Å². The first-order valence-electron chi connectivity index (χ1n) is 4.51. The molecule has 1 unspecified atom stereocenters. The van der Waals surface area contributed by atoms with E-state index in [1.54, 1.807) is 0 Å². The van der Waals surface area contributed by atoms with E-state index in [-0.39, 0.29) is 5.75 Å². The first-order valence-corrected chi connectivity index (χ1v) is 5.50. The van der Waals surface area contributed by atoms with Crippen LogP contribution in [0.15, 0.2) is 17.0 Å². The minimum atomic E-state index is -1.32. The average molecular weight is 265 g/mol. The second-order valence-electron chi connectivity index (χ2n) is 3.11. The quantitative estimate of drug-likeness (QED) is 0.476. The summed E-state index contributed by atoms with van der Waals surface area (Å²) < 4.78 is 26.2. The predicted molar refractivity (Wildman–Crippen MR) is 56.8 cm³/mol. The van der Waals surface area contributed by atoms with Gasteiger partial charge in [0.25, 0.3) is 5.69 Å². The molecule has 0 saturated heterocycles. The van der Waals surface area contributed by atoms with Gasteiger partial charge in [0.05, 0.1) is 17.6 Å². The van der Waals surface area contributed by atoms with Crippen LogP contribution in [0.3, 0.4) is 0 Å². The molecule has 0 aliphatic rings. The van der Waals surface area contributed by atoms with Crippen molar-refractivity contribution in [2.75, 3.05) is 12.4 Å². The lowest BCUT2D eigenvalue weighted by atomic mass is 10.3. The Morgan fingerprint density at radius 2 is 2.12 bits per heavy atom. The number of nitrogens with zero attached hydrogens (tertiary/aromatic N) is 1. The summed E-state index contributed by atoms with van der Waals surface area (Å²) in [5.41, 5.74) is -0.570. The second kappa shape index (κ2) is 5.89. The fraction of sp³-hybridized carbons (Fsp3) is 0.333. The molecule has 1 aromatic carbocycles. The highest BCUT2D eigenvalue weighted by Gasteiger charge is 2.22. The molecule has 1 atom stereocenters. The molecule has 0 aromatic heterocycles. The summed E-state index contributed by atoms with van der Waals surface area (Å²) in [6.07, 6.45) is -1.15. The van der Waals surface area contributed by atoms with E-state index in [2.05, 4.69) is 0 Å². The van der Waals surface area contributed by atoms with Crippen molar-refractivity contribution in [1.29, 1.82) is 0 Å². The van der Waals surface area contributed by atoms with Gasteiger partial charge in [-0.15, -0.1) is 11.8 Å². The van der Waals surface area contributed by atoms with Gasteiger partial charge < -0.3 is 10.2 Å². The van der Waals surface area contributed by atoms with Gasteiger partial charge in [0.1, 0.15) is 4.90 Å². The van der Waals surface area contributed by atoms with E-state index in [4.69, 9.17) is 10.2 Å². The van der Waals surface area contributed by atoms with Crippen LogP contribution in [0.2, 0.25) is 0 Å². The van der Waals surface area contributed by atoms with Crippen LogP contribution >= 0.6 is 11.8 Å². The lowest BCUT2D eigenvalue weighted by Crippen LogP contribution is -2.15. The van der Waals surface area contributed by atoms with Crippen LogP contribution in [0, 0.1) is 21.7 Å². The molecule has 0 spiro atoms. The number of rotatable bonds is 5. The smallest absolute Gasteiger partial charge is 0.286 e. The zero-order valence-electron chi connectivity index (χ0n) is 8.47. The van der Waals surface area contributed by atoms with Gasteiger partial charge in [-0.05, 0) is 6.07 Å². The molecule has 8 heteroatoms. The third kappa shape index (κ3) is 3.35. The van der Waals surface area contributed by atoms with E-state index in [1.807, 2.05) is 0 Å². The lowest BCUT2D eigenvalue weighted by molar-refractivity contribution is -0.388. The van der Waals surface area contributed by atoms with E-state index in [0.29, 0.717) is 17.8 Å². The Morgan fingerprint density at radius 1 is 1.47 bits per heavy atom. The molecule has 0 fully saturated rings. The molecule has 1 aromatic rings. The lowest BCUT2D eigenvalue weighted by Gasteiger charge is -2.08. The number of benzene rings is 1. The number of aliphatic hydroxyl groups is 2. The van der Waals surface area contributed by atoms with E-state index in [1.165, 1.54) is 0 Å². The number of hydrogen-bond donors (Lipinski definition) is 2. The van der Waals surface area contributed by atoms with Crippen molar-refractivity contribution in [2.24, 2.45) is 0 Å². The van der Waals surface area contributed by atoms with Gasteiger partial charge in [-0.1, -0.05) is 0 Å². The monoisotopic (exact) mass is 265 g/mol. The maximum Gasteiger partial charge on any atom is 0.286 e. The van der Waals surface area contributed by atoms with E-state index in [0.717, 1.165) is 6.07 Å². The third-order valence-electron chi connectivity index (χ3n) is 1.86. The summed E-state index contributed by atoms with van der Waals surface area (Å²) >= 11 is 0.582. The van der Waals surface area contributed by atoms with Gasteiger partial charge in [-0.3, -0.25) is 10.1 Å². The summed E-state index contributed by atoms with van der Waals surface area (Å²) in [6, 6.07) is 1.52.